The molecule has 0 aliphatic carbocycles. The highest BCUT2D eigenvalue weighted by Gasteiger charge is 2.38. The summed E-state index contributed by atoms with van der Waals surface area (Å²) >= 11 is 0. The first kappa shape index (κ1) is 17.5. The van der Waals surface area contributed by atoms with E-state index in [4.69, 9.17) is 4.74 Å². The number of ether oxygens (including phenoxy) is 1. The summed E-state index contributed by atoms with van der Waals surface area (Å²) in [5, 5.41) is 2.74. The van der Waals surface area contributed by atoms with Gasteiger partial charge < -0.3 is 10.1 Å². The van der Waals surface area contributed by atoms with Crippen molar-refractivity contribution in [3.63, 3.8) is 0 Å². The van der Waals surface area contributed by atoms with Crippen LogP contribution in [0.2, 0.25) is 0 Å². The molecule has 4 rings (SSSR count). The number of benzene rings is 3. The summed E-state index contributed by atoms with van der Waals surface area (Å²) in [6, 6.07) is 20.3. The number of hydrogen-bond donors (Lipinski definition) is 1. The molecular weight excluding hydrogens is 356 g/mol. The Bertz CT molecular complexity index is 1090. The minimum Gasteiger partial charge on any atom is -0.496 e. The standard InChI is InChI=1S/C22H16N2O4/c1-28-18-13-6-5-10-15(18)20(25)23-17-12-7-11-16-19(17)22(27)24(21(16)26)14-8-3-2-4-9-14/h2-13H,1H3,(H,23,25). The first-order valence-electron chi connectivity index (χ1n) is 8.63. The molecule has 1 aliphatic heterocycles. The van der Waals surface area contributed by atoms with Crippen LogP contribution < -0.4 is 15.0 Å². The van der Waals surface area contributed by atoms with Crippen LogP contribution in [-0.4, -0.2) is 24.8 Å². The highest BCUT2D eigenvalue weighted by Crippen LogP contribution is 2.33. The minimum absolute atomic E-state index is 0.180. The zero-order valence-electron chi connectivity index (χ0n) is 15.0. The lowest BCUT2D eigenvalue weighted by atomic mass is 10.1. The number of nitrogens with one attached hydrogen (secondary N) is 1. The van der Waals surface area contributed by atoms with Crippen LogP contribution in [0.4, 0.5) is 11.4 Å². The lowest BCUT2D eigenvalue weighted by molar-refractivity contribution is 0.0926. The average Bonchev–Trinajstić information content (AvgIpc) is 2.99. The Morgan fingerprint density at radius 3 is 2.32 bits per heavy atom. The van der Waals surface area contributed by atoms with Gasteiger partial charge in [-0.05, 0) is 36.4 Å². The molecule has 0 radical (unpaired) electrons. The summed E-state index contributed by atoms with van der Waals surface area (Å²) < 4.78 is 5.22. The minimum atomic E-state index is -0.470. The quantitative estimate of drug-likeness (QED) is 0.708. The first-order valence-corrected chi connectivity index (χ1v) is 8.63. The van der Waals surface area contributed by atoms with E-state index in [2.05, 4.69) is 5.32 Å². The maximum Gasteiger partial charge on any atom is 0.268 e. The molecule has 0 atom stereocenters. The number of methoxy groups -OCH3 is 1. The number of fused-ring (bicyclic) bond motifs is 1. The van der Waals surface area contributed by atoms with E-state index in [0.717, 1.165) is 4.90 Å². The van der Waals surface area contributed by atoms with Gasteiger partial charge in [0.1, 0.15) is 5.75 Å². The van der Waals surface area contributed by atoms with Crippen LogP contribution in [0.3, 0.4) is 0 Å². The zero-order chi connectivity index (χ0) is 19.7. The molecule has 0 spiro atoms. The topological polar surface area (TPSA) is 75.7 Å². The third-order valence-corrected chi connectivity index (χ3v) is 4.53. The fraction of sp³-hybridized carbons (Fsp3) is 0.0455. The molecule has 3 aromatic rings. The predicted molar refractivity (Wildman–Crippen MR) is 105 cm³/mol. The van der Waals surface area contributed by atoms with E-state index >= 15 is 0 Å². The summed E-state index contributed by atoms with van der Waals surface area (Å²) in [6.45, 7) is 0. The number of hydrogen-bond acceptors (Lipinski definition) is 4. The van der Waals surface area contributed by atoms with Gasteiger partial charge in [-0.15, -0.1) is 0 Å². The molecule has 0 bridgehead atoms. The summed E-state index contributed by atoms with van der Waals surface area (Å²) in [5.41, 5.74) is 1.53. The van der Waals surface area contributed by atoms with Crippen LogP contribution in [-0.2, 0) is 0 Å². The molecule has 6 heteroatoms. The maximum absolute atomic E-state index is 13.0. The molecule has 3 aromatic carbocycles. The maximum atomic E-state index is 13.0. The second-order valence-electron chi connectivity index (χ2n) is 6.16. The van der Waals surface area contributed by atoms with E-state index in [9.17, 15) is 14.4 Å². The average molecular weight is 372 g/mol. The molecule has 0 aromatic heterocycles. The Balaban J connectivity index is 1.71. The van der Waals surface area contributed by atoms with Gasteiger partial charge >= 0.3 is 0 Å². The molecule has 0 saturated carbocycles. The van der Waals surface area contributed by atoms with Gasteiger partial charge in [0.05, 0.1) is 35.2 Å². The number of amides is 3. The molecule has 3 amide bonds. The Kier molecular flexibility index (Phi) is 4.37. The number of imide groups is 1. The van der Waals surface area contributed by atoms with Crippen LogP contribution >= 0.6 is 0 Å². The summed E-state index contributed by atoms with van der Waals surface area (Å²) in [5.74, 6) is -0.896. The van der Waals surface area contributed by atoms with Crippen molar-refractivity contribution in [1.29, 1.82) is 0 Å². The monoisotopic (exact) mass is 372 g/mol. The predicted octanol–water partition coefficient (Wildman–Crippen LogP) is 3.75. The summed E-state index contributed by atoms with van der Waals surface area (Å²) in [7, 11) is 1.48. The van der Waals surface area contributed by atoms with Crippen molar-refractivity contribution >= 4 is 29.1 Å². The van der Waals surface area contributed by atoms with Crippen molar-refractivity contribution in [3.8, 4) is 5.75 Å². The van der Waals surface area contributed by atoms with Crippen LogP contribution in [0.5, 0.6) is 5.75 Å². The molecule has 0 fully saturated rings. The highest BCUT2D eigenvalue weighted by molar-refractivity contribution is 6.36. The molecular formula is C22H16N2O4. The fourth-order valence-corrected chi connectivity index (χ4v) is 3.22. The first-order chi connectivity index (χ1) is 13.6. The second kappa shape index (κ2) is 7.00. The van der Waals surface area contributed by atoms with Gasteiger partial charge in [0, 0.05) is 0 Å². The van der Waals surface area contributed by atoms with Crippen LogP contribution in [0.15, 0.2) is 72.8 Å². The van der Waals surface area contributed by atoms with Crippen molar-refractivity contribution < 1.29 is 19.1 Å². The third kappa shape index (κ3) is 2.81. The van der Waals surface area contributed by atoms with E-state index < -0.39 is 17.7 Å². The second-order valence-corrected chi connectivity index (χ2v) is 6.16. The number of anilines is 2. The van der Waals surface area contributed by atoms with Gasteiger partial charge in [0.25, 0.3) is 17.7 Å². The lowest BCUT2D eigenvalue weighted by Gasteiger charge is -2.14. The normalized spacial score (nSPS) is 12.7. The van der Waals surface area contributed by atoms with Crippen LogP contribution in [0, 0.1) is 0 Å². The van der Waals surface area contributed by atoms with Gasteiger partial charge in [-0.1, -0.05) is 36.4 Å². The molecule has 28 heavy (non-hydrogen) atoms. The molecule has 0 saturated heterocycles. The van der Waals surface area contributed by atoms with Crippen molar-refractivity contribution in [2.45, 2.75) is 0 Å². The van der Waals surface area contributed by atoms with E-state index in [1.54, 1.807) is 72.8 Å². The third-order valence-electron chi connectivity index (χ3n) is 4.53. The lowest BCUT2D eigenvalue weighted by Crippen LogP contribution is -2.29. The van der Waals surface area contributed by atoms with Gasteiger partial charge in [0.15, 0.2) is 0 Å². The fourth-order valence-electron chi connectivity index (χ4n) is 3.22. The van der Waals surface area contributed by atoms with E-state index in [-0.39, 0.29) is 16.8 Å². The van der Waals surface area contributed by atoms with Crippen LogP contribution in [0.25, 0.3) is 0 Å². The zero-order valence-corrected chi connectivity index (χ0v) is 15.0. The van der Waals surface area contributed by atoms with Crippen molar-refractivity contribution in [2.75, 3.05) is 17.3 Å². The van der Waals surface area contributed by atoms with Crippen LogP contribution in [0.1, 0.15) is 31.1 Å². The molecule has 1 heterocycles. The van der Waals surface area contributed by atoms with Crippen molar-refractivity contribution in [3.05, 3.63) is 89.5 Å². The van der Waals surface area contributed by atoms with Gasteiger partial charge in [-0.25, -0.2) is 4.90 Å². The Morgan fingerprint density at radius 1 is 0.857 bits per heavy atom. The SMILES string of the molecule is COc1ccccc1C(=O)Nc1cccc2c1C(=O)N(c1ccccc1)C2=O. The molecule has 1 aliphatic rings. The van der Waals surface area contributed by atoms with Gasteiger partial charge in [-0.2, -0.15) is 0 Å². The Labute approximate surface area is 161 Å². The molecule has 0 unspecified atom stereocenters. The van der Waals surface area contributed by atoms with E-state index in [1.807, 2.05) is 0 Å². The molecule has 6 nitrogen and oxygen atoms in total. The van der Waals surface area contributed by atoms with Crippen molar-refractivity contribution in [1.82, 2.24) is 0 Å². The smallest absolute Gasteiger partial charge is 0.268 e. The summed E-state index contributed by atoms with van der Waals surface area (Å²) in [4.78, 5) is 39.6. The van der Waals surface area contributed by atoms with Crippen molar-refractivity contribution in [2.24, 2.45) is 0 Å². The number of carbonyl (C=O) groups is 3. The van der Waals surface area contributed by atoms with E-state index in [1.165, 1.54) is 7.11 Å². The molecule has 138 valence electrons. The van der Waals surface area contributed by atoms with Gasteiger partial charge in [0.2, 0.25) is 0 Å². The van der Waals surface area contributed by atoms with E-state index in [0.29, 0.717) is 17.0 Å². The summed E-state index contributed by atoms with van der Waals surface area (Å²) in [6.07, 6.45) is 0. The van der Waals surface area contributed by atoms with Gasteiger partial charge in [-0.3, -0.25) is 14.4 Å². The number of para-hydroxylation sites is 2. The Hall–Kier alpha value is -3.93. The number of rotatable bonds is 4. The molecule has 1 N–H and O–H groups in total. The Morgan fingerprint density at radius 2 is 1.57 bits per heavy atom. The largest absolute Gasteiger partial charge is 0.496 e. The highest BCUT2D eigenvalue weighted by atomic mass is 16.5. The number of carbonyl (C=O) groups excluding carboxylic acids is 3. The number of nitrogens with zero attached hydrogens (tertiary/aromatic N) is 1.